The highest BCUT2D eigenvalue weighted by atomic mass is 32.2. The molecule has 182 valence electrons. The quantitative estimate of drug-likeness (QED) is 0.406. The van der Waals surface area contributed by atoms with Gasteiger partial charge in [0.1, 0.15) is 0 Å². The molecule has 0 radical (unpaired) electrons. The van der Waals surface area contributed by atoms with Crippen LogP contribution in [0.1, 0.15) is 29.7 Å². The van der Waals surface area contributed by atoms with Crippen molar-refractivity contribution >= 4 is 43.8 Å². The molecule has 1 aliphatic carbocycles. The van der Waals surface area contributed by atoms with E-state index in [-0.39, 0.29) is 34.3 Å². The van der Waals surface area contributed by atoms with Gasteiger partial charge in [-0.1, -0.05) is 17.3 Å². The predicted molar refractivity (Wildman–Crippen MR) is 127 cm³/mol. The maximum Gasteiger partial charge on any atom is 0.280 e. The number of hydrogen-bond acceptors (Lipinski definition) is 9. The molecule has 2 aromatic rings. The van der Waals surface area contributed by atoms with E-state index in [4.69, 9.17) is 9.57 Å². The van der Waals surface area contributed by atoms with Crippen molar-refractivity contribution in [2.24, 2.45) is 5.16 Å². The number of ether oxygens (including phenoxy) is 1. The number of thiazole rings is 1. The number of likely N-dealkylation sites (N-methyl/N-ethyl adjacent to an activating group) is 1. The number of oxime groups is 1. The molecule has 1 aromatic carbocycles. The van der Waals surface area contributed by atoms with Gasteiger partial charge in [0.2, 0.25) is 5.91 Å². The summed E-state index contributed by atoms with van der Waals surface area (Å²) in [4.78, 5) is 37.1. The summed E-state index contributed by atoms with van der Waals surface area (Å²) in [5, 5.41) is 6.77. The normalized spacial score (nSPS) is 18.5. The van der Waals surface area contributed by atoms with Crippen LogP contribution in [0, 0.1) is 0 Å². The Kier molecular flexibility index (Phi) is 7.29. The molecular weight excluding hydrogens is 480 g/mol. The molecule has 0 bridgehead atoms. The maximum atomic E-state index is 13.1. The second kappa shape index (κ2) is 10.2. The van der Waals surface area contributed by atoms with E-state index in [1.807, 2.05) is 0 Å². The Morgan fingerprint density at radius 3 is 2.59 bits per heavy atom. The number of hydrogen-bond donors (Lipinski definition) is 1. The molecule has 0 unspecified atom stereocenters. The van der Waals surface area contributed by atoms with Crippen molar-refractivity contribution in [3.05, 3.63) is 40.9 Å². The average Bonchev–Trinajstić information content (AvgIpc) is 3.39. The first-order chi connectivity index (χ1) is 16.2. The monoisotopic (exact) mass is 506 g/mol. The molecule has 4 rings (SSSR count). The van der Waals surface area contributed by atoms with Gasteiger partial charge < -0.3 is 14.5 Å². The average molecular weight is 507 g/mol. The van der Waals surface area contributed by atoms with Crippen LogP contribution in [-0.4, -0.2) is 74.5 Å². The molecule has 34 heavy (non-hydrogen) atoms. The summed E-state index contributed by atoms with van der Waals surface area (Å²) in [6.07, 6.45) is 3.47. The van der Waals surface area contributed by atoms with Crippen LogP contribution in [0.5, 0.6) is 0 Å². The fourth-order valence-electron chi connectivity index (χ4n) is 3.23. The molecular formula is C22H26N4O6S2. The second-order valence-electron chi connectivity index (χ2n) is 8.35. The number of carbonyl (C=O) groups is 2. The zero-order chi connectivity index (χ0) is 24.3. The molecule has 1 aliphatic heterocycles. The van der Waals surface area contributed by atoms with Gasteiger partial charge in [0.05, 0.1) is 29.8 Å². The van der Waals surface area contributed by atoms with E-state index in [1.54, 1.807) is 32.4 Å². The van der Waals surface area contributed by atoms with Crippen LogP contribution in [0.25, 0.3) is 0 Å². The molecule has 2 heterocycles. The first-order valence-corrected chi connectivity index (χ1v) is 13.2. The Labute approximate surface area is 201 Å². The van der Waals surface area contributed by atoms with Gasteiger partial charge >= 0.3 is 0 Å². The van der Waals surface area contributed by atoms with Crippen molar-refractivity contribution in [3.63, 3.8) is 0 Å². The minimum Gasteiger partial charge on any atom is -0.389 e. The maximum absolute atomic E-state index is 13.1. The SMILES string of the molecule is CN(C)C(=O)Cc1cnc(NC(=O)C(=NO[C@@H]2CCOC2)c2ccc(S(=O)(=O)C3CC3)cc2)s1. The van der Waals surface area contributed by atoms with E-state index in [1.165, 1.54) is 28.4 Å². The number of nitrogens with one attached hydrogen (secondary N) is 1. The van der Waals surface area contributed by atoms with E-state index in [2.05, 4.69) is 15.5 Å². The van der Waals surface area contributed by atoms with E-state index in [9.17, 15) is 18.0 Å². The lowest BCUT2D eigenvalue weighted by Gasteiger charge is -2.10. The summed E-state index contributed by atoms with van der Waals surface area (Å²) in [7, 11) is 0.000606. The van der Waals surface area contributed by atoms with Crippen LogP contribution < -0.4 is 5.32 Å². The van der Waals surface area contributed by atoms with Crippen LogP contribution in [0.15, 0.2) is 40.5 Å². The lowest BCUT2D eigenvalue weighted by atomic mass is 10.1. The Hall–Kier alpha value is -2.83. The minimum atomic E-state index is -3.34. The first kappa shape index (κ1) is 24.3. The number of carbonyl (C=O) groups excluding carboxylic acids is 2. The molecule has 1 N–H and O–H groups in total. The number of nitrogens with zero attached hydrogens (tertiary/aromatic N) is 3. The Bertz CT molecular complexity index is 1180. The van der Waals surface area contributed by atoms with Crippen molar-refractivity contribution in [2.45, 2.75) is 41.9 Å². The van der Waals surface area contributed by atoms with E-state index in [0.29, 0.717) is 48.0 Å². The van der Waals surface area contributed by atoms with Crippen LogP contribution in [0.3, 0.4) is 0 Å². The van der Waals surface area contributed by atoms with Gasteiger partial charge in [-0.15, -0.1) is 11.3 Å². The van der Waals surface area contributed by atoms with Crippen LogP contribution in [0.4, 0.5) is 5.13 Å². The smallest absolute Gasteiger partial charge is 0.280 e. The van der Waals surface area contributed by atoms with Crippen molar-refractivity contribution in [2.75, 3.05) is 32.6 Å². The van der Waals surface area contributed by atoms with E-state index in [0.717, 1.165) is 0 Å². The largest absolute Gasteiger partial charge is 0.389 e. The summed E-state index contributed by atoms with van der Waals surface area (Å²) >= 11 is 1.19. The summed E-state index contributed by atoms with van der Waals surface area (Å²) in [6, 6.07) is 6.06. The molecule has 10 nitrogen and oxygen atoms in total. The standard InChI is InChI=1S/C22H26N4O6S2/c1-26(2)19(27)11-16-12-23-22(33-16)24-21(28)20(25-32-15-9-10-31-13-15)14-3-5-17(6-4-14)34(29,30)18-7-8-18/h3-6,12,15,18H,7-11,13H2,1-2H3,(H,23,24,28)/t15-/m1/s1. The number of amides is 2. The molecule has 2 amide bonds. The van der Waals surface area contributed by atoms with Gasteiger partial charge in [-0.05, 0) is 25.0 Å². The number of aromatic nitrogens is 1. The van der Waals surface area contributed by atoms with Gasteiger partial charge in [-0.2, -0.15) is 0 Å². The third kappa shape index (κ3) is 5.80. The number of benzene rings is 1. The molecule has 1 saturated heterocycles. The Morgan fingerprint density at radius 2 is 1.97 bits per heavy atom. The van der Waals surface area contributed by atoms with Gasteiger partial charge in [0, 0.05) is 37.2 Å². The van der Waals surface area contributed by atoms with E-state index < -0.39 is 15.7 Å². The Balaban J connectivity index is 1.52. The lowest BCUT2D eigenvalue weighted by Crippen LogP contribution is -2.25. The number of rotatable bonds is 9. The summed E-state index contributed by atoms with van der Waals surface area (Å²) in [6.45, 7) is 0.940. The Morgan fingerprint density at radius 1 is 1.24 bits per heavy atom. The van der Waals surface area contributed by atoms with Gasteiger partial charge in [0.15, 0.2) is 26.8 Å². The summed E-state index contributed by atoms with van der Waals surface area (Å²) in [5.74, 6) is -0.631. The lowest BCUT2D eigenvalue weighted by molar-refractivity contribution is -0.127. The molecule has 0 spiro atoms. The minimum absolute atomic E-state index is 0.0108. The third-order valence-corrected chi connectivity index (χ3v) is 8.60. The van der Waals surface area contributed by atoms with Crippen molar-refractivity contribution in [1.29, 1.82) is 0 Å². The molecule has 2 aliphatic rings. The van der Waals surface area contributed by atoms with Crippen molar-refractivity contribution < 1.29 is 27.6 Å². The van der Waals surface area contributed by atoms with Gasteiger partial charge in [0.25, 0.3) is 5.91 Å². The molecule has 1 atom stereocenters. The molecule has 12 heteroatoms. The van der Waals surface area contributed by atoms with Crippen LogP contribution in [0.2, 0.25) is 0 Å². The predicted octanol–water partition coefficient (Wildman–Crippen LogP) is 1.86. The topological polar surface area (TPSA) is 127 Å². The van der Waals surface area contributed by atoms with Crippen molar-refractivity contribution in [1.82, 2.24) is 9.88 Å². The zero-order valence-electron chi connectivity index (χ0n) is 18.9. The summed E-state index contributed by atoms with van der Waals surface area (Å²) in [5.41, 5.74) is 0.397. The molecule has 1 aromatic heterocycles. The number of anilines is 1. The van der Waals surface area contributed by atoms with Crippen LogP contribution >= 0.6 is 11.3 Å². The molecule has 1 saturated carbocycles. The highest BCUT2D eigenvalue weighted by Crippen LogP contribution is 2.33. The zero-order valence-corrected chi connectivity index (χ0v) is 20.5. The van der Waals surface area contributed by atoms with Gasteiger partial charge in [-0.3, -0.25) is 14.9 Å². The highest BCUT2D eigenvalue weighted by molar-refractivity contribution is 7.92. The molecule has 2 fully saturated rings. The first-order valence-electron chi connectivity index (χ1n) is 10.9. The van der Waals surface area contributed by atoms with Crippen molar-refractivity contribution in [3.8, 4) is 0 Å². The van der Waals surface area contributed by atoms with Crippen LogP contribution in [-0.2, 0) is 35.4 Å². The fraction of sp³-hybridized carbons (Fsp3) is 0.455. The van der Waals surface area contributed by atoms with E-state index >= 15 is 0 Å². The highest BCUT2D eigenvalue weighted by Gasteiger charge is 2.36. The summed E-state index contributed by atoms with van der Waals surface area (Å²) < 4.78 is 30.3. The second-order valence-corrected chi connectivity index (χ2v) is 11.7. The number of sulfone groups is 1. The van der Waals surface area contributed by atoms with Gasteiger partial charge in [-0.25, -0.2) is 13.4 Å². The fourth-order valence-corrected chi connectivity index (χ4v) is 5.69. The third-order valence-electron chi connectivity index (χ3n) is 5.41.